The maximum Gasteiger partial charge on any atom is 0.323 e. The predicted octanol–water partition coefficient (Wildman–Crippen LogP) is 19.5. The number of allylic oxidation sites excluding steroid dienone is 8. The van der Waals surface area contributed by atoms with Crippen molar-refractivity contribution in [1.82, 2.24) is 44.4 Å². The third-order valence-electron chi connectivity index (χ3n) is 16.7. The first kappa shape index (κ1) is 77.3. The number of urea groups is 1. The van der Waals surface area contributed by atoms with Gasteiger partial charge in [-0.1, -0.05) is 220 Å². The monoisotopic (exact) mass is 1290 g/mol. The van der Waals surface area contributed by atoms with Crippen LogP contribution in [0.15, 0.2) is 122 Å². The average molecular weight is 1290 g/mol. The van der Waals surface area contributed by atoms with Gasteiger partial charge in [-0.15, -0.1) is 0 Å². The molecule has 0 aliphatic carbocycles. The van der Waals surface area contributed by atoms with E-state index in [1.165, 1.54) is 116 Å². The lowest BCUT2D eigenvalue weighted by Crippen LogP contribution is -2.41. The highest BCUT2D eigenvalue weighted by molar-refractivity contribution is 5.98. The predicted molar refractivity (Wildman–Crippen MR) is 393 cm³/mol. The number of hydrogen-bond acceptors (Lipinski definition) is 13. The fourth-order valence-electron chi connectivity index (χ4n) is 10.8. The molecule has 6 rings (SSSR count). The van der Waals surface area contributed by atoms with Crippen LogP contribution in [0.2, 0.25) is 0 Å². The van der Waals surface area contributed by atoms with Gasteiger partial charge in [-0.2, -0.15) is 19.9 Å². The Balaban J connectivity index is 0.000000341. The third kappa shape index (κ3) is 29.9. The maximum absolute atomic E-state index is 13.8. The van der Waals surface area contributed by atoms with E-state index in [-0.39, 0.29) is 49.4 Å². The molecule has 2 atom stereocenters. The van der Waals surface area contributed by atoms with Crippen LogP contribution in [0, 0.1) is 0 Å². The number of rotatable bonds is 48. The number of carbonyl (C=O) groups excluding carboxylic acids is 2. The number of aliphatic hydroxyl groups is 1. The van der Waals surface area contributed by atoms with Crippen molar-refractivity contribution in [2.24, 2.45) is 0 Å². The molecule has 0 bridgehead atoms. The summed E-state index contributed by atoms with van der Waals surface area (Å²) in [5, 5.41) is 23.1. The number of nitrogens with zero attached hydrogens (tertiary/aromatic N) is 9. The van der Waals surface area contributed by atoms with Crippen LogP contribution in [0.5, 0.6) is 0 Å². The largest absolute Gasteiger partial charge is 0.463 e. The summed E-state index contributed by atoms with van der Waals surface area (Å²) in [6, 6.07) is 20.0. The van der Waals surface area contributed by atoms with E-state index in [1.807, 2.05) is 70.9 Å². The van der Waals surface area contributed by atoms with Crippen LogP contribution in [-0.4, -0.2) is 88.0 Å². The van der Waals surface area contributed by atoms with Gasteiger partial charge in [0.1, 0.15) is 6.61 Å². The van der Waals surface area contributed by atoms with E-state index in [4.69, 9.17) is 24.7 Å². The normalized spacial score (nSPS) is 12.5. The van der Waals surface area contributed by atoms with Crippen molar-refractivity contribution in [1.29, 1.82) is 0 Å². The third-order valence-corrected chi connectivity index (χ3v) is 16.7. The van der Waals surface area contributed by atoms with Gasteiger partial charge in [0.2, 0.25) is 11.9 Å². The highest BCUT2D eigenvalue weighted by Crippen LogP contribution is 2.29. The van der Waals surface area contributed by atoms with Gasteiger partial charge in [-0.3, -0.25) is 9.69 Å². The second-order valence-electron chi connectivity index (χ2n) is 25.4. The molecule has 0 spiro atoms. The van der Waals surface area contributed by atoms with Gasteiger partial charge in [-0.05, 0) is 129 Å². The lowest BCUT2D eigenvalue weighted by molar-refractivity contribution is -0.144. The number of esters is 1. The fourth-order valence-corrected chi connectivity index (χ4v) is 10.8. The summed E-state index contributed by atoms with van der Waals surface area (Å²) in [4.78, 5) is 56.4. The Morgan fingerprint density at radius 2 is 1.01 bits per heavy atom. The van der Waals surface area contributed by atoms with Crippen molar-refractivity contribution in [3.8, 4) is 0 Å². The molecule has 4 aromatic heterocycles. The van der Waals surface area contributed by atoms with E-state index in [0.29, 0.717) is 67.2 Å². The smallest absolute Gasteiger partial charge is 0.323 e. The molecule has 17 heteroatoms. The number of unbranched alkanes of at least 4 members (excludes halogenated alkanes) is 19. The van der Waals surface area contributed by atoms with E-state index < -0.39 is 0 Å². The number of benzene rings is 2. The molecule has 0 aliphatic heterocycles. The van der Waals surface area contributed by atoms with E-state index >= 15 is 0 Å². The molecular formula is C77H119N13O4. The number of aliphatic hydroxyl groups excluding tert-OH is 1. The Bertz CT molecular complexity index is 3100. The van der Waals surface area contributed by atoms with Crippen LogP contribution >= 0.6 is 0 Å². The fraction of sp³-hybridized carbons (Fsp3) is 0.584. The van der Waals surface area contributed by atoms with Crippen LogP contribution in [0.3, 0.4) is 0 Å². The van der Waals surface area contributed by atoms with Crippen molar-refractivity contribution in [3.05, 3.63) is 133 Å². The Labute approximate surface area is 565 Å². The number of anilines is 4. The summed E-state index contributed by atoms with van der Waals surface area (Å²) < 4.78 is 9.69. The minimum atomic E-state index is -0.212. The first-order valence-electron chi connectivity index (χ1n) is 36.2. The first-order valence-corrected chi connectivity index (χ1v) is 36.2. The van der Waals surface area contributed by atoms with Crippen LogP contribution < -0.4 is 26.2 Å². The second-order valence-corrected chi connectivity index (χ2v) is 25.4. The lowest BCUT2D eigenvalue weighted by Gasteiger charge is -2.24. The molecular weight excluding hydrogens is 1170 g/mol. The average Bonchev–Trinajstić information content (AvgIpc) is 1.59. The van der Waals surface area contributed by atoms with Crippen molar-refractivity contribution in [2.75, 3.05) is 40.6 Å². The summed E-state index contributed by atoms with van der Waals surface area (Å²) in [5.41, 5.74) is 4.88. The molecule has 0 saturated heterocycles. The van der Waals surface area contributed by atoms with Crippen LogP contribution in [0.4, 0.5) is 28.3 Å². The van der Waals surface area contributed by atoms with Crippen molar-refractivity contribution in [3.63, 3.8) is 0 Å². The number of carbonyl (C=O) groups is 2. The highest BCUT2D eigenvalue weighted by atomic mass is 16.5. The Hall–Kier alpha value is -7.40. The van der Waals surface area contributed by atoms with Crippen molar-refractivity contribution >= 4 is 57.9 Å². The summed E-state index contributed by atoms with van der Waals surface area (Å²) in [7, 11) is 0. The van der Waals surface area contributed by atoms with Gasteiger partial charge >= 0.3 is 12.0 Å². The SMILES string of the molecule is CCCCC/C=C\C/C=C\CCCCCCCCCC(=O)OC[C@@H](CC)Nc1nc(NCc2ccccc2)c2ncn(C(C)C)c2n1.CCCCC/C=C\C/C=C\CCCCCCCCNC(=O)N(Cc1ccccc1)c1nc(N[C@H](CC)CO)nc2c1ncn2C(C)C. The molecule has 4 heterocycles. The van der Waals surface area contributed by atoms with E-state index in [0.717, 1.165) is 73.7 Å². The molecule has 0 unspecified atom stereocenters. The minimum Gasteiger partial charge on any atom is -0.463 e. The first-order chi connectivity index (χ1) is 46.0. The summed E-state index contributed by atoms with van der Waals surface area (Å²) in [6.07, 6.45) is 53.8. The second kappa shape index (κ2) is 47.5. The van der Waals surface area contributed by atoms with Crippen LogP contribution in [0.1, 0.15) is 258 Å². The van der Waals surface area contributed by atoms with Crippen LogP contribution in [-0.2, 0) is 22.6 Å². The van der Waals surface area contributed by atoms with Crippen molar-refractivity contribution in [2.45, 2.75) is 272 Å². The molecule has 0 aliphatic rings. The Morgan fingerprint density at radius 1 is 0.543 bits per heavy atom. The molecule has 17 nitrogen and oxygen atoms in total. The van der Waals surface area contributed by atoms with Gasteiger partial charge in [-0.25, -0.2) is 14.8 Å². The molecule has 0 saturated carbocycles. The number of aromatic nitrogens is 8. The van der Waals surface area contributed by atoms with Gasteiger partial charge in [0.25, 0.3) is 0 Å². The maximum atomic E-state index is 13.8. The van der Waals surface area contributed by atoms with Gasteiger partial charge in [0.15, 0.2) is 34.0 Å². The number of amides is 2. The summed E-state index contributed by atoms with van der Waals surface area (Å²) >= 11 is 0. The molecule has 94 heavy (non-hydrogen) atoms. The molecule has 516 valence electrons. The van der Waals surface area contributed by atoms with E-state index in [9.17, 15) is 14.7 Å². The number of hydrogen-bond donors (Lipinski definition) is 5. The van der Waals surface area contributed by atoms with Crippen LogP contribution in [0.25, 0.3) is 22.3 Å². The standard InChI is InChI=1S/C39H60N6O2.C38H59N7O2/c1-5-7-8-9-10-11-12-13-14-15-16-17-18-19-20-21-25-28-35(46)47-30-34(6-2)42-39-43-37(40-29-33-26-23-22-24-27-33)36-38(44-39)45(31-41-36)32(3)4;1-5-7-8-9-10-11-12-13-14-15-16-17-18-19-20-24-27-39-38(47)44(28-32-25-22-21-23-26-32)35-34-36(45(30-40-34)31(3)4)43-37(42-35)41-33(6-2)29-46/h10-11,13-14,22-24,26-27,31-32,34H,5-9,12,15-21,25,28-30H2,1-4H3,(H2,40,42,43,44);10-11,13-14,21-23,25-26,30-31,33,46H,5-9,12,15-20,24,27-29H2,1-4H3,(H,39,47)(H,41,42,43)/b2*11-10-,14-13-/t34-;33-/m11/s1. The molecule has 6 aromatic rings. The number of imidazole rings is 2. The molecule has 0 radical (unpaired) electrons. The molecule has 2 aromatic carbocycles. The number of nitrogens with one attached hydrogen (secondary N) is 4. The van der Waals surface area contributed by atoms with Gasteiger partial charge < -0.3 is 40.2 Å². The molecule has 0 fully saturated rings. The van der Waals surface area contributed by atoms with Gasteiger partial charge in [0, 0.05) is 31.6 Å². The quantitative estimate of drug-likeness (QED) is 0.0137. The Kier molecular flexibility index (Phi) is 39.0. The lowest BCUT2D eigenvalue weighted by atomic mass is 10.1. The van der Waals surface area contributed by atoms with Gasteiger partial charge in [0.05, 0.1) is 37.9 Å². The number of fused-ring (bicyclic) bond motifs is 2. The van der Waals surface area contributed by atoms with Crippen molar-refractivity contribution < 1.29 is 19.4 Å². The van der Waals surface area contributed by atoms with E-state index in [1.54, 1.807) is 11.2 Å². The van der Waals surface area contributed by atoms with E-state index in [2.05, 4.69) is 140 Å². The highest BCUT2D eigenvalue weighted by Gasteiger charge is 2.26. The molecule has 5 N–H and O–H groups in total. The molecule has 2 amide bonds. The zero-order valence-corrected chi connectivity index (χ0v) is 58.9. The summed E-state index contributed by atoms with van der Waals surface area (Å²) in [6.45, 7) is 18.7. The minimum absolute atomic E-state index is 0.0426. The summed E-state index contributed by atoms with van der Waals surface area (Å²) in [5.74, 6) is 1.86. The Morgan fingerprint density at radius 3 is 1.53 bits per heavy atom. The zero-order chi connectivity index (χ0) is 67.2. The topological polar surface area (TPSA) is 202 Å². The zero-order valence-electron chi connectivity index (χ0n) is 58.9. The number of ether oxygens (including phenoxy) is 1.